The third-order valence-corrected chi connectivity index (χ3v) is 3.72. The summed E-state index contributed by atoms with van der Waals surface area (Å²) in [5.41, 5.74) is 2.27. The van der Waals surface area contributed by atoms with E-state index in [2.05, 4.69) is 10.6 Å². The maximum absolute atomic E-state index is 12.2. The molecule has 0 aliphatic carbocycles. The van der Waals surface area contributed by atoms with E-state index in [1.807, 2.05) is 31.2 Å². The number of rotatable bonds is 5. The van der Waals surface area contributed by atoms with Gasteiger partial charge in [0.15, 0.2) is 0 Å². The zero-order chi connectivity index (χ0) is 16.8. The molecule has 0 radical (unpaired) electrons. The third kappa shape index (κ3) is 4.83. The van der Waals surface area contributed by atoms with Gasteiger partial charge in [0.25, 0.3) is 5.91 Å². The molecule has 5 heteroatoms. The van der Waals surface area contributed by atoms with Crippen LogP contribution in [0.1, 0.15) is 42.2 Å². The quantitative estimate of drug-likeness (QED) is 0.864. The second-order valence-electron chi connectivity index (χ2n) is 5.23. The standard InChI is InChI=1S/C18H19ClN2O2/c1-3-17(22)21-16-10-6-13(7-11-16)12(2)20-18(23)14-4-8-15(19)9-5-14/h4-12H,3H2,1-2H3,(H,20,23)(H,21,22). The molecular weight excluding hydrogens is 312 g/mol. The molecule has 1 atom stereocenters. The number of anilines is 1. The van der Waals surface area contributed by atoms with Gasteiger partial charge in [0, 0.05) is 22.7 Å². The molecule has 2 amide bonds. The molecule has 4 nitrogen and oxygen atoms in total. The number of benzene rings is 2. The average Bonchev–Trinajstić information content (AvgIpc) is 2.55. The molecule has 2 rings (SSSR count). The molecule has 120 valence electrons. The molecule has 0 aliphatic heterocycles. The molecule has 0 heterocycles. The van der Waals surface area contributed by atoms with Crippen molar-refractivity contribution in [3.05, 3.63) is 64.7 Å². The first-order valence-corrected chi connectivity index (χ1v) is 7.83. The van der Waals surface area contributed by atoms with Crippen molar-refractivity contribution in [2.24, 2.45) is 0 Å². The summed E-state index contributed by atoms with van der Waals surface area (Å²) in [4.78, 5) is 23.5. The molecule has 0 saturated carbocycles. The summed E-state index contributed by atoms with van der Waals surface area (Å²) in [6.45, 7) is 3.71. The summed E-state index contributed by atoms with van der Waals surface area (Å²) < 4.78 is 0. The van der Waals surface area contributed by atoms with Gasteiger partial charge in [-0.05, 0) is 48.9 Å². The van der Waals surface area contributed by atoms with Crippen LogP contribution < -0.4 is 10.6 Å². The van der Waals surface area contributed by atoms with E-state index in [1.165, 1.54) is 0 Å². The maximum Gasteiger partial charge on any atom is 0.251 e. The van der Waals surface area contributed by atoms with Crippen LogP contribution in [0.25, 0.3) is 0 Å². The predicted octanol–water partition coefficient (Wildman–Crippen LogP) is 4.18. The van der Waals surface area contributed by atoms with Crippen molar-refractivity contribution in [2.75, 3.05) is 5.32 Å². The molecule has 0 aromatic heterocycles. The van der Waals surface area contributed by atoms with E-state index in [-0.39, 0.29) is 17.9 Å². The van der Waals surface area contributed by atoms with Crippen LogP contribution in [0.15, 0.2) is 48.5 Å². The van der Waals surface area contributed by atoms with E-state index < -0.39 is 0 Å². The Labute approximate surface area is 140 Å². The summed E-state index contributed by atoms with van der Waals surface area (Å²) >= 11 is 5.82. The van der Waals surface area contributed by atoms with E-state index in [1.54, 1.807) is 31.2 Å². The van der Waals surface area contributed by atoms with E-state index in [0.717, 1.165) is 11.3 Å². The van der Waals surface area contributed by atoms with Crippen LogP contribution in [0.3, 0.4) is 0 Å². The van der Waals surface area contributed by atoms with Crippen molar-refractivity contribution in [1.29, 1.82) is 0 Å². The predicted molar refractivity (Wildman–Crippen MR) is 92.7 cm³/mol. The fourth-order valence-corrected chi connectivity index (χ4v) is 2.20. The highest BCUT2D eigenvalue weighted by molar-refractivity contribution is 6.30. The summed E-state index contributed by atoms with van der Waals surface area (Å²) in [5.74, 6) is -0.181. The molecule has 0 fully saturated rings. The molecule has 23 heavy (non-hydrogen) atoms. The molecule has 2 aromatic rings. The summed E-state index contributed by atoms with van der Waals surface area (Å²) in [6, 6.07) is 14.0. The van der Waals surface area contributed by atoms with Crippen LogP contribution >= 0.6 is 11.6 Å². The highest BCUT2D eigenvalue weighted by Crippen LogP contribution is 2.17. The zero-order valence-electron chi connectivity index (χ0n) is 13.1. The largest absolute Gasteiger partial charge is 0.346 e. The molecular formula is C18H19ClN2O2. The van der Waals surface area contributed by atoms with Gasteiger partial charge in [0.1, 0.15) is 0 Å². The van der Waals surface area contributed by atoms with Gasteiger partial charge in [-0.15, -0.1) is 0 Å². The first-order chi connectivity index (χ1) is 11.0. The van der Waals surface area contributed by atoms with Crippen LogP contribution in [0.2, 0.25) is 5.02 Å². The van der Waals surface area contributed by atoms with E-state index >= 15 is 0 Å². The van der Waals surface area contributed by atoms with Crippen molar-refractivity contribution < 1.29 is 9.59 Å². The number of halogens is 1. The highest BCUT2D eigenvalue weighted by Gasteiger charge is 2.11. The van der Waals surface area contributed by atoms with E-state index in [9.17, 15) is 9.59 Å². The molecule has 0 aliphatic rings. The second-order valence-corrected chi connectivity index (χ2v) is 5.66. The monoisotopic (exact) mass is 330 g/mol. The van der Waals surface area contributed by atoms with Crippen molar-refractivity contribution in [3.63, 3.8) is 0 Å². The molecule has 0 bridgehead atoms. The Morgan fingerprint density at radius 2 is 1.65 bits per heavy atom. The summed E-state index contributed by atoms with van der Waals surface area (Å²) in [5, 5.41) is 6.32. The van der Waals surface area contributed by atoms with Gasteiger partial charge in [0.05, 0.1) is 6.04 Å². The minimum atomic E-state index is -0.155. The van der Waals surface area contributed by atoms with Crippen LogP contribution in [0, 0.1) is 0 Å². The normalized spacial score (nSPS) is 11.6. The van der Waals surface area contributed by atoms with E-state index in [4.69, 9.17) is 11.6 Å². The maximum atomic E-state index is 12.2. The first-order valence-electron chi connectivity index (χ1n) is 7.46. The Hall–Kier alpha value is -2.33. The number of nitrogens with one attached hydrogen (secondary N) is 2. The molecule has 1 unspecified atom stereocenters. The molecule has 2 N–H and O–H groups in total. The topological polar surface area (TPSA) is 58.2 Å². The summed E-state index contributed by atoms with van der Waals surface area (Å²) in [6.07, 6.45) is 0.440. The number of amides is 2. The van der Waals surface area contributed by atoms with E-state index in [0.29, 0.717) is 17.0 Å². The van der Waals surface area contributed by atoms with Crippen LogP contribution in [0.4, 0.5) is 5.69 Å². The van der Waals surface area contributed by atoms with Gasteiger partial charge in [-0.3, -0.25) is 9.59 Å². The van der Waals surface area contributed by atoms with Crippen molar-refractivity contribution in [2.45, 2.75) is 26.3 Å². The molecule has 0 spiro atoms. The minimum absolute atomic E-state index is 0.0261. The second kappa shape index (κ2) is 7.79. The SMILES string of the molecule is CCC(=O)Nc1ccc(C(C)NC(=O)c2ccc(Cl)cc2)cc1. The number of hydrogen-bond acceptors (Lipinski definition) is 2. The number of hydrogen-bond donors (Lipinski definition) is 2. The van der Waals surface area contributed by atoms with Gasteiger partial charge in [-0.1, -0.05) is 30.7 Å². The highest BCUT2D eigenvalue weighted by atomic mass is 35.5. The number of carbonyl (C=O) groups is 2. The van der Waals surface area contributed by atoms with Crippen molar-refractivity contribution in [3.8, 4) is 0 Å². The lowest BCUT2D eigenvalue weighted by molar-refractivity contribution is -0.115. The van der Waals surface area contributed by atoms with Crippen LogP contribution in [-0.2, 0) is 4.79 Å². The van der Waals surface area contributed by atoms with Gasteiger partial charge < -0.3 is 10.6 Å². The smallest absolute Gasteiger partial charge is 0.251 e. The average molecular weight is 331 g/mol. The lowest BCUT2D eigenvalue weighted by Gasteiger charge is -2.15. The lowest BCUT2D eigenvalue weighted by Crippen LogP contribution is -2.26. The van der Waals surface area contributed by atoms with Crippen LogP contribution in [0.5, 0.6) is 0 Å². The Morgan fingerprint density at radius 3 is 2.22 bits per heavy atom. The van der Waals surface area contributed by atoms with Gasteiger partial charge in [0.2, 0.25) is 5.91 Å². The first kappa shape index (κ1) is 17.0. The fourth-order valence-electron chi connectivity index (χ4n) is 2.07. The summed E-state index contributed by atoms with van der Waals surface area (Å²) in [7, 11) is 0. The van der Waals surface area contributed by atoms with Crippen molar-refractivity contribution in [1.82, 2.24) is 5.32 Å². The molecule has 2 aromatic carbocycles. The van der Waals surface area contributed by atoms with Crippen LogP contribution in [-0.4, -0.2) is 11.8 Å². The van der Waals surface area contributed by atoms with Gasteiger partial charge in [-0.2, -0.15) is 0 Å². The Kier molecular flexibility index (Phi) is 5.77. The number of carbonyl (C=O) groups excluding carboxylic acids is 2. The minimum Gasteiger partial charge on any atom is -0.346 e. The zero-order valence-corrected chi connectivity index (χ0v) is 13.9. The molecule has 0 saturated heterocycles. The van der Waals surface area contributed by atoms with Crippen molar-refractivity contribution >= 4 is 29.1 Å². The Bertz CT molecular complexity index is 681. The Balaban J connectivity index is 1.99. The van der Waals surface area contributed by atoms with Gasteiger partial charge >= 0.3 is 0 Å². The Morgan fingerprint density at radius 1 is 1.04 bits per heavy atom. The van der Waals surface area contributed by atoms with Gasteiger partial charge in [-0.25, -0.2) is 0 Å². The third-order valence-electron chi connectivity index (χ3n) is 3.47. The fraction of sp³-hybridized carbons (Fsp3) is 0.222. The lowest BCUT2D eigenvalue weighted by atomic mass is 10.1.